The van der Waals surface area contributed by atoms with Crippen LogP contribution in [0.4, 0.5) is 8.78 Å². The van der Waals surface area contributed by atoms with E-state index in [2.05, 4.69) is 0 Å². The Bertz CT molecular complexity index is 554. The van der Waals surface area contributed by atoms with Crippen molar-refractivity contribution < 1.29 is 27.1 Å². The van der Waals surface area contributed by atoms with Crippen LogP contribution in [0, 0.1) is 17.6 Å². The standard InChI is InChI=1S/C11H12F2O4S/c1-7(11(14)15)5-18(16,17)6-8-2-3-9(12)4-10(8)13/h2-4,7H,5-6H2,1H3,(H,14,15). The van der Waals surface area contributed by atoms with Crippen LogP contribution in [0.1, 0.15) is 12.5 Å². The molecule has 0 heterocycles. The number of hydrogen-bond donors (Lipinski definition) is 1. The molecule has 4 nitrogen and oxygen atoms in total. The summed E-state index contributed by atoms with van der Waals surface area (Å²) >= 11 is 0. The summed E-state index contributed by atoms with van der Waals surface area (Å²) in [4.78, 5) is 10.6. The van der Waals surface area contributed by atoms with Crippen molar-refractivity contribution in [1.29, 1.82) is 0 Å². The van der Waals surface area contributed by atoms with E-state index < -0.39 is 44.9 Å². The van der Waals surface area contributed by atoms with Gasteiger partial charge in [0.2, 0.25) is 0 Å². The Morgan fingerprint density at radius 2 is 2.00 bits per heavy atom. The summed E-state index contributed by atoms with van der Waals surface area (Å²) in [5, 5.41) is 8.61. The predicted molar refractivity (Wildman–Crippen MR) is 60.6 cm³/mol. The van der Waals surface area contributed by atoms with Crippen LogP contribution in [0.5, 0.6) is 0 Å². The third-order valence-corrected chi connectivity index (χ3v) is 4.07. The molecule has 0 amide bonds. The van der Waals surface area contributed by atoms with Crippen molar-refractivity contribution in [3.63, 3.8) is 0 Å². The van der Waals surface area contributed by atoms with Gasteiger partial charge in [0.05, 0.1) is 17.4 Å². The normalized spacial score (nSPS) is 13.3. The molecule has 0 aliphatic rings. The Kier molecular flexibility index (Phi) is 4.39. The molecule has 0 saturated carbocycles. The topological polar surface area (TPSA) is 71.4 Å². The lowest BCUT2D eigenvalue weighted by Crippen LogP contribution is -2.22. The van der Waals surface area contributed by atoms with Crippen molar-refractivity contribution in [1.82, 2.24) is 0 Å². The fourth-order valence-electron chi connectivity index (χ4n) is 1.39. The molecule has 1 N–H and O–H groups in total. The SMILES string of the molecule is CC(CS(=O)(=O)Cc1ccc(F)cc1F)C(=O)O. The predicted octanol–water partition coefficient (Wildman–Crippen LogP) is 1.60. The number of carboxylic acid groups (broad SMARTS) is 1. The number of benzene rings is 1. The number of halogens is 2. The second-order valence-electron chi connectivity index (χ2n) is 4.03. The number of rotatable bonds is 5. The van der Waals surface area contributed by atoms with E-state index in [9.17, 15) is 22.0 Å². The van der Waals surface area contributed by atoms with E-state index in [-0.39, 0.29) is 5.56 Å². The second kappa shape index (κ2) is 5.43. The van der Waals surface area contributed by atoms with E-state index in [0.717, 1.165) is 12.1 Å². The van der Waals surface area contributed by atoms with E-state index >= 15 is 0 Å². The van der Waals surface area contributed by atoms with Gasteiger partial charge in [-0.25, -0.2) is 17.2 Å². The van der Waals surface area contributed by atoms with Crippen LogP contribution in [0.2, 0.25) is 0 Å². The summed E-state index contributed by atoms with van der Waals surface area (Å²) in [5.41, 5.74) is -0.172. The summed E-state index contributed by atoms with van der Waals surface area (Å²) in [7, 11) is -3.76. The molecule has 1 atom stereocenters. The highest BCUT2D eigenvalue weighted by Gasteiger charge is 2.22. The molecule has 1 rings (SSSR count). The molecular weight excluding hydrogens is 266 g/mol. The van der Waals surface area contributed by atoms with Crippen molar-refractivity contribution in [2.45, 2.75) is 12.7 Å². The van der Waals surface area contributed by atoms with Gasteiger partial charge in [0, 0.05) is 11.6 Å². The molecule has 0 fully saturated rings. The van der Waals surface area contributed by atoms with Crippen LogP contribution in [0.15, 0.2) is 18.2 Å². The molecule has 18 heavy (non-hydrogen) atoms. The number of carboxylic acids is 1. The number of aliphatic carboxylic acids is 1. The Balaban J connectivity index is 2.86. The lowest BCUT2D eigenvalue weighted by Gasteiger charge is -2.08. The lowest BCUT2D eigenvalue weighted by molar-refractivity contribution is -0.140. The third kappa shape index (κ3) is 4.06. The minimum Gasteiger partial charge on any atom is -0.481 e. The molecule has 0 aliphatic carbocycles. The smallest absolute Gasteiger partial charge is 0.307 e. The fraction of sp³-hybridized carbons (Fsp3) is 0.364. The highest BCUT2D eigenvalue weighted by atomic mass is 32.2. The first kappa shape index (κ1) is 14.6. The maximum Gasteiger partial charge on any atom is 0.307 e. The number of hydrogen-bond acceptors (Lipinski definition) is 3. The quantitative estimate of drug-likeness (QED) is 0.888. The van der Waals surface area contributed by atoms with Gasteiger partial charge >= 0.3 is 5.97 Å². The minimum atomic E-state index is -3.76. The summed E-state index contributed by atoms with van der Waals surface area (Å²) in [6.45, 7) is 1.25. The maximum absolute atomic E-state index is 13.3. The summed E-state index contributed by atoms with van der Waals surface area (Å²) < 4.78 is 49.1. The number of sulfone groups is 1. The van der Waals surface area contributed by atoms with Gasteiger partial charge in [0.1, 0.15) is 11.6 Å². The molecule has 0 radical (unpaired) electrons. The van der Waals surface area contributed by atoms with E-state index in [0.29, 0.717) is 6.07 Å². The van der Waals surface area contributed by atoms with Crippen molar-refractivity contribution >= 4 is 15.8 Å². The lowest BCUT2D eigenvalue weighted by atomic mass is 10.2. The molecule has 100 valence electrons. The van der Waals surface area contributed by atoms with Crippen LogP contribution >= 0.6 is 0 Å². The Labute approximate surface area is 103 Å². The zero-order chi connectivity index (χ0) is 13.9. The Hall–Kier alpha value is -1.50. The second-order valence-corrected chi connectivity index (χ2v) is 6.14. The van der Waals surface area contributed by atoms with E-state index in [1.807, 2.05) is 0 Å². The molecule has 0 aliphatic heterocycles. The molecule has 0 saturated heterocycles. The van der Waals surface area contributed by atoms with Gasteiger partial charge < -0.3 is 5.11 Å². The molecule has 1 unspecified atom stereocenters. The van der Waals surface area contributed by atoms with Crippen LogP contribution in [0.25, 0.3) is 0 Å². The molecule has 7 heteroatoms. The molecular formula is C11H12F2O4S. The summed E-state index contributed by atoms with van der Waals surface area (Å²) in [6, 6.07) is 2.58. The minimum absolute atomic E-state index is 0.172. The summed E-state index contributed by atoms with van der Waals surface area (Å²) in [6.07, 6.45) is 0. The van der Waals surface area contributed by atoms with Crippen molar-refractivity contribution in [3.8, 4) is 0 Å². The van der Waals surface area contributed by atoms with Crippen LogP contribution < -0.4 is 0 Å². The average molecular weight is 278 g/mol. The van der Waals surface area contributed by atoms with Crippen molar-refractivity contribution in [2.24, 2.45) is 5.92 Å². The van der Waals surface area contributed by atoms with Gasteiger partial charge in [-0.15, -0.1) is 0 Å². The van der Waals surface area contributed by atoms with Gasteiger partial charge in [-0.2, -0.15) is 0 Å². The van der Waals surface area contributed by atoms with Gasteiger partial charge in [0.15, 0.2) is 9.84 Å². The average Bonchev–Trinajstić information content (AvgIpc) is 2.21. The summed E-state index contributed by atoms with van der Waals surface area (Å²) in [5.74, 6) is -5.29. The zero-order valence-corrected chi connectivity index (χ0v) is 10.4. The van der Waals surface area contributed by atoms with Crippen molar-refractivity contribution in [3.05, 3.63) is 35.4 Å². The molecule has 0 bridgehead atoms. The van der Waals surface area contributed by atoms with Gasteiger partial charge in [-0.3, -0.25) is 4.79 Å². The van der Waals surface area contributed by atoms with Gasteiger partial charge in [-0.05, 0) is 6.07 Å². The molecule has 0 aromatic heterocycles. The molecule has 1 aromatic carbocycles. The first-order valence-electron chi connectivity index (χ1n) is 5.08. The Morgan fingerprint density at radius 1 is 1.39 bits per heavy atom. The number of carbonyl (C=O) groups is 1. The Morgan fingerprint density at radius 3 is 2.50 bits per heavy atom. The fourth-order valence-corrected chi connectivity index (χ4v) is 3.12. The first-order chi connectivity index (χ1) is 8.21. The first-order valence-corrected chi connectivity index (χ1v) is 6.90. The van der Waals surface area contributed by atoms with E-state index in [1.165, 1.54) is 6.92 Å². The maximum atomic E-state index is 13.3. The molecule has 0 spiro atoms. The zero-order valence-electron chi connectivity index (χ0n) is 9.56. The highest BCUT2D eigenvalue weighted by molar-refractivity contribution is 7.90. The van der Waals surface area contributed by atoms with Crippen LogP contribution in [-0.2, 0) is 20.4 Å². The van der Waals surface area contributed by atoms with E-state index in [4.69, 9.17) is 5.11 Å². The largest absolute Gasteiger partial charge is 0.481 e. The third-order valence-electron chi connectivity index (χ3n) is 2.32. The van der Waals surface area contributed by atoms with Gasteiger partial charge in [0.25, 0.3) is 0 Å². The molecule has 1 aromatic rings. The highest BCUT2D eigenvalue weighted by Crippen LogP contribution is 2.15. The van der Waals surface area contributed by atoms with Gasteiger partial charge in [-0.1, -0.05) is 13.0 Å². The van der Waals surface area contributed by atoms with Crippen LogP contribution in [-0.4, -0.2) is 25.2 Å². The van der Waals surface area contributed by atoms with Crippen molar-refractivity contribution in [2.75, 3.05) is 5.75 Å². The van der Waals surface area contributed by atoms with Crippen LogP contribution in [0.3, 0.4) is 0 Å². The monoisotopic (exact) mass is 278 g/mol. The van der Waals surface area contributed by atoms with E-state index in [1.54, 1.807) is 0 Å².